The number of halogens is 3. The van der Waals surface area contributed by atoms with Crippen LogP contribution in [-0.2, 0) is 14.4 Å². The third-order valence-corrected chi connectivity index (χ3v) is 7.52. The molecule has 0 bridgehead atoms. The van der Waals surface area contributed by atoms with E-state index in [0.29, 0.717) is 44.2 Å². The van der Waals surface area contributed by atoms with Crippen LogP contribution in [0.1, 0.15) is 57.4 Å². The third-order valence-electron chi connectivity index (χ3n) is 6.48. The van der Waals surface area contributed by atoms with Gasteiger partial charge in [-0.25, -0.2) is 0 Å². The quantitative estimate of drug-likeness (QED) is 0.344. The Labute approximate surface area is 216 Å². The molecule has 2 atom stereocenters. The maximum Gasteiger partial charge on any atom is 0.450 e. The normalized spacial score (nSPS) is 17.3. The molecular formula is C26H38F3N3O3S. The van der Waals surface area contributed by atoms with Crippen LogP contribution in [0.3, 0.4) is 0 Å². The van der Waals surface area contributed by atoms with Gasteiger partial charge in [0.05, 0.1) is 5.75 Å². The van der Waals surface area contributed by atoms with Crippen molar-refractivity contribution in [1.29, 1.82) is 0 Å². The number of likely N-dealkylation sites (tertiary alicyclic amines) is 1. The number of thioether (sulfide) groups is 1. The Morgan fingerprint density at radius 3 is 2.47 bits per heavy atom. The largest absolute Gasteiger partial charge is 0.450 e. The average molecular weight is 530 g/mol. The molecule has 1 heterocycles. The van der Waals surface area contributed by atoms with Crippen molar-refractivity contribution in [1.82, 2.24) is 9.80 Å². The Morgan fingerprint density at radius 2 is 1.86 bits per heavy atom. The lowest BCUT2D eigenvalue weighted by molar-refractivity contribution is -0.167. The molecule has 0 radical (unpaired) electrons. The van der Waals surface area contributed by atoms with E-state index in [-0.39, 0.29) is 18.1 Å². The second kappa shape index (κ2) is 14.6. The molecule has 1 aromatic rings. The van der Waals surface area contributed by atoms with Gasteiger partial charge in [0.25, 0.3) is 0 Å². The molecule has 0 aliphatic carbocycles. The summed E-state index contributed by atoms with van der Waals surface area (Å²) in [7, 11) is 0. The average Bonchev–Trinajstić information content (AvgIpc) is 3.29. The van der Waals surface area contributed by atoms with E-state index < -0.39 is 29.7 Å². The molecule has 2 amide bonds. The molecule has 1 aliphatic rings. The molecule has 1 unspecified atom stereocenters. The highest BCUT2D eigenvalue weighted by Crippen LogP contribution is 2.27. The van der Waals surface area contributed by atoms with E-state index in [1.807, 2.05) is 32.0 Å². The third kappa shape index (κ3) is 10.1. The van der Waals surface area contributed by atoms with Gasteiger partial charge in [-0.2, -0.15) is 24.9 Å². The predicted molar refractivity (Wildman–Crippen MR) is 137 cm³/mol. The number of benzene rings is 1. The number of hydrogen-bond donors (Lipinski definition) is 1. The lowest BCUT2D eigenvalue weighted by Gasteiger charge is -2.32. The molecular weight excluding hydrogens is 491 g/mol. The molecule has 10 heteroatoms. The van der Waals surface area contributed by atoms with Crippen LogP contribution < -0.4 is 5.73 Å². The van der Waals surface area contributed by atoms with Gasteiger partial charge in [0.15, 0.2) is 0 Å². The standard InChI is InChI=1S/C26H38F3N3O3S/c1-19(2)10-11-24(34)32(15-14-31-13-12-21(17-31)20-7-4-3-5-8-20)22(25(30)35)9-6-16-36-18-23(33)26(27,28)29/h3-5,7-8,19,21-22H,6,9-18H2,1-2H3,(H2,30,35)/t21?,22-/m0/s1. The molecule has 36 heavy (non-hydrogen) atoms. The lowest BCUT2D eigenvalue weighted by Crippen LogP contribution is -2.50. The lowest BCUT2D eigenvalue weighted by atomic mass is 9.99. The van der Waals surface area contributed by atoms with E-state index in [1.54, 1.807) is 4.90 Å². The molecule has 0 aromatic heterocycles. The zero-order valence-electron chi connectivity index (χ0n) is 21.1. The molecule has 1 saturated heterocycles. The minimum absolute atomic E-state index is 0.133. The number of alkyl halides is 3. The minimum atomic E-state index is -4.84. The summed E-state index contributed by atoms with van der Waals surface area (Å²) < 4.78 is 37.1. The number of nitrogens with two attached hydrogens (primary N) is 1. The molecule has 2 rings (SSSR count). The summed E-state index contributed by atoms with van der Waals surface area (Å²) in [6.07, 6.45) is -2.19. The highest BCUT2D eigenvalue weighted by Gasteiger charge is 2.37. The molecule has 6 nitrogen and oxygen atoms in total. The summed E-state index contributed by atoms with van der Waals surface area (Å²) in [5.74, 6) is -2.15. The first-order valence-electron chi connectivity index (χ1n) is 12.5. The maximum atomic E-state index is 13.1. The number of nitrogens with zero attached hydrogens (tertiary/aromatic N) is 2. The van der Waals surface area contributed by atoms with Gasteiger partial charge >= 0.3 is 6.18 Å². The first-order valence-corrected chi connectivity index (χ1v) is 13.7. The Bertz CT molecular complexity index is 852. The fraction of sp³-hybridized carbons (Fsp3) is 0.654. The summed E-state index contributed by atoms with van der Waals surface area (Å²) in [5, 5.41) is 0. The zero-order chi connectivity index (χ0) is 26.7. The Kier molecular flexibility index (Phi) is 12.2. The van der Waals surface area contributed by atoms with E-state index in [9.17, 15) is 27.6 Å². The van der Waals surface area contributed by atoms with Crippen LogP contribution in [0.2, 0.25) is 0 Å². The number of rotatable bonds is 15. The summed E-state index contributed by atoms with van der Waals surface area (Å²) >= 11 is 0.875. The topological polar surface area (TPSA) is 83.7 Å². The Hall–Kier alpha value is -2.07. The Morgan fingerprint density at radius 1 is 1.17 bits per heavy atom. The summed E-state index contributed by atoms with van der Waals surface area (Å²) in [5.41, 5.74) is 6.97. The van der Waals surface area contributed by atoms with Crippen molar-refractivity contribution in [3.8, 4) is 0 Å². The number of amides is 2. The van der Waals surface area contributed by atoms with Crippen molar-refractivity contribution < 1.29 is 27.6 Å². The van der Waals surface area contributed by atoms with Gasteiger partial charge in [0, 0.05) is 26.1 Å². The number of carbonyl (C=O) groups is 3. The summed E-state index contributed by atoms with van der Waals surface area (Å²) in [4.78, 5) is 40.3. The van der Waals surface area contributed by atoms with Gasteiger partial charge < -0.3 is 15.5 Å². The van der Waals surface area contributed by atoms with Crippen LogP contribution in [0.15, 0.2) is 30.3 Å². The molecule has 0 spiro atoms. The van der Waals surface area contributed by atoms with E-state index in [4.69, 9.17) is 5.73 Å². The summed E-state index contributed by atoms with van der Waals surface area (Å²) in [6.45, 7) is 6.82. The molecule has 0 saturated carbocycles. The second-order valence-electron chi connectivity index (χ2n) is 9.75. The van der Waals surface area contributed by atoms with Crippen molar-refractivity contribution >= 4 is 29.4 Å². The number of primary amides is 1. The number of carbonyl (C=O) groups excluding carboxylic acids is 3. The van der Waals surface area contributed by atoms with E-state index >= 15 is 0 Å². The van der Waals surface area contributed by atoms with Crippen molar-refractivity contribution in [3.63, 3.8) is 0 Å². The molecule has 1 aliphatic heterocycles. The van der Waals surface area contributed by atoms with Gasteiger partial charge in [0.2, 0.25) is 17.6 Å². The maximum absolute atomic E-state index is 13.1. The van der Waals surface area contributed by atoms with Gasteiger partial charge in [-0.05, 0) is 55.4 Å². The number of Topliss-reactive ketones (excluding diaryl/α,β-unsaturated/α-hetero) is 1. The fourth-order valence-electron chi connectivity index (χ4n) is 4.37. The van der Waals surface area contributed by atoms with Crippen LogP contribution in [0.4, 0.5) is 13.2 Å². The highest BCUT2D eigenvalue weighted by molar-refractivity contribution is 7.99. The van der Waals surface area contributed by atoms with Crippen LogP contribution >= 0.6 is 11.8 Å². The van der Waals surface area contributed by atoms with E-state index in [1.165, 1.54) is 5.56 Å². The molecule has 202 valence electrons. The first kappa shape index (κ1) is 30.2. The highest BCUT2D eigenvalue weighted by atomic mass is 32.2. The van der Waals surface area contributed by atoms with Crippen LogP contribution in [0.5, 0.6) is 0 Å². The van der Waals surface area contributed by atoms with Gasteiger partial charge in [0.1, 0.15) is 6.04 Å². The molecule has 1 aromatic carbocycles. The minimum Gasteiger partial charge on any atom is -0.368 e. The van der Waals surface area contributed by atoms with Gasteiger partial charge in [-0.1, -0.05) is 44.2 Å². The fourth-order valence-corrected chi connectivity index (χ4v) is 5.23. The van der Waals surface area contributed by atoms with Crippen molar-refractivity contribution in [3.05, 3.63) is 35.9 Å². The number of ketones is 1. The summed E-state index contributed by atoms with van der Waals surface area (Å²) in [6, 6.07) is 9.48. The van der Waals surface area contributed by atoms with Crippen LogP contribution in [-0.4, -0.2) is 77.3 Å². The second-order valence-corrected chi connectivity index (χ2v) is 10.9. The monoisotopic (exact) mass is 529 g/mol. The van der Waals surface area contributed by atoms with Crippen LogP contribution in [0, 0.1) is 5.92 Å². The first-order chi connectivity index (χ1) is 17.0. The molecule has 2 N–H and O–H groups in total. The SMILES string of the molecule is CC(C)CCC(=O)N(CCN1CCC(c2ccccc2)C1)[C@@H](CCCSCC(=O)C(F)(F)F)C(N)=O. The van der Waals surface area contributed by atoms with Gasteiger partial charge in [-0.15, -0.1) is 0 Å². The number of hydrogen-bond acceptors (Lipinski definition) is 5. The van der Waals surface area contributed by atoms with E-state index in [0.717, 1.165) is 31.3 Å². The van der Waals surface area contributed by atoms with Crippen molar-refractivity contribution in [2.24, 2.45) is 11.7 Å². The van der Waals surface area contributed by atoms with Crippen LogP contribution in [0.25, 0.3) is 0 Å². The van der Waals surface area contributed by atoms with Crippen molar-refractivity contribution in [2.45, 2.75) is 64.1 Å². The zero-order valence-corrected chi connectivity index (χ0v) is 22.0. The smallest absolute Gasteiger partial charge is 0.368 e. The Balaban J connectivity index is 1.95. The van der Waals surface area contributed by atoms with Crippen molar-refractivity contribution in [2.75, 3.05) is 37.7 Å². The molecule has 1 fully saturated rings. The van der Waals surface area contributed by atoms with E-state index in [2.05, 4.69) is 17.0 Å². The predicted octanol–water partition coefficient (Wildman–Crippen LogP) is 4.24. The van der Waals surface area contributed by atoms with Gasteiger partial charge in [-0.3, -0.25) is 14.4 Å².